The highest BCUT2D eigenvalue weighted by Gasteiger charge is 2.35. The fourth-order valence-corrected chi connectivity index (χ4v) is 2.98. The van der Waals surface area contributed by atoms with Crippen LogP contribution < -0.4 is 0 Å². The molecule has 0 radical (unpaired) electrons. The maximum absolute atomic E-state index is 5.63. The molecule has 3 heterocycles. The largest absolute Gasteiger partial charge is 0.326 e. The molecule has 0 amide bonds. The van der Waals surface area contributed by atoms with Gasteiger partial charge in [-0.05, 0) is 42.9 Å². The lowest BCUT2D eigenvalue weighted by atomic mass is 9.86. The van der Waals surface area contributed by atoms with E-state index >= 15 is 0 Å². The summed E-state index contributed by atoms with van der Waals surface area (Å²) in [5, 5.41) is 0.764. The first-order valence-corrected chi connectivity index (χ1v) is 7.21. The molecule has 3 saturated heterocycles. The van der Waals surface area contributed by atoms with Crippen molar-refractivity contribution in [3.05, 3.63) is 41.4 Å². The van der Waals surface area contributed by atoms with Gasteiger partial charge >= 0.3 is 0 Å². The second-order valence-corrected chi connectivity index (χ2v) is 6.21. The maximum Gasteiger partial charge on any atom is 0.0787 e. The van der Waals surface area contributed by atoms with E-state index in [1.807, 2.05) is 24.3 Å². The zero-order valence-corrected chi connectivity index (χ0v) is 12.0. The zero-order valence-electron chi connectivity index (χ0n) is 11.2. The van der Waals surface area contributed by atoms with Gasteiger partial charge in [0.05, 0.1) is 26.7 Å². The van der Waals surface area contributed by atoms with Crippen LogP contribution in [0, 0.1) is 5.92 Å². The normalized spacial score (nSPS) is 29.3. The first-order chi connectivity index (χ1) is 8.61. The van der Waals surface area contributed by atoms with Crippen molar-refractivity contribution in [2.24, 2.45) is 5.92 Å². The molecule has 0 saturated carbocycles. The predicted molar refractivity (Wildman–Crippen MR) is 79.7 cm³/mol. The van der Waals surface area contributed by atoms with Crippen LogP contribution in [0.1, 0.15) is 24.8 Å². The Bertz CT molecular complexity index is 374. The van der Waals surface area contributed by atoms with Gasteiger partial charge in [0.15, 0.2) is 0 Å². The number of fused-ring (bicyclic) bond motifs is 3. The molecule has 18 heavy (non-hydrogen) atoms. The van der Waals surface area contributed by atoms with Crippen LogP contribution in [-0.4, -0.2) is 31.2 Å². The Morgan fingerprint density at radius 3 is 1.94 bits per heavy atom. The topological polar surface area (TPSA) is 0 Å². The van der Waals surface area contributed by atoms with E-state index in [9.17, 15) is 0 Å². The quantitative estimate of drug-likeness (QED) is 0.666. The van der Waals surface area contributed by atoms with Crippen molar-refractivity contribution in [1.29, 1.82) is 0 Å². The van der Waals surface area contributed by atoms with Crippen LogP contribution in [-0.2, 0) is 0 Å². The molecular formula is C16H23ClN+. The minimum Gasteiger partial charge on any atom is -0.326 e. The second-order valence-electron chi connectivity index (χ2n) is 5.78. The lowest BCUT2D eigenvalue weighted by Crippen LogP contribution is -2.55. The standard InChI is InChI=1S/C8H7Cl.C8H16N/c1-2-7-3-5-8(9)6-4-7;1-9-5-2-8(3-6-9)4-7-9/h2-6H,1H2;8H,2-7H2,1H3/q;+1. The van der Waals surface area contributed by atoms with E-state index in [4.69, 9.17) is 11.6 Å². The van der Waals surface area contributed by atoms with Crippen molar-refractivity contribution in [3.63, 3.8) is 0 Å². The lowest BCUT2D eigenvalue weighted by Gasteiger charge is -2.46. The lowest BCUT2D eigenvalue weighted by molar-refractivity contribution is -0.924. The van der Waals surface area contributed by atoms with Crippen LogP contribution in [0.3, 0.4) is 0 Å². The van der Waals surface area contributed by atoms with Gasteiger partial charge in [0.1, 0.15) is 0 Å². The molecule has 1 aromatic rings. The minimum absolute atomic E-state index is 0.764. The van der Waals surface area contributed by atoms with E-state index in [-0.39, 0.29) is 0 Å². The Kier molecular flexibility index (Phi) is 4.47. The van der Waals surface area contributed by atoms with Gasteiger partial charge in [-0.1, -0.05) is 36.4 Å². The summed E-state index contributed by atoms with van der Waals surface area (Å²) in [6.07, 6.45) is 6.32. The molecule has 0 N–H and O–H groups in total. The molecule has 98 valence electrons. The Balaban J connectivity index is 0.000000134. The molecule has 0 atom stereocenters. The van der Waals surface area contributed by atoms with Crippen LogP contribution in [0.5, 0.6) is 0 Å². The minimum atomic E-state index is 0.764. The monoisotopic (exact) mass is 264 g/mol. The SMILES string of the molecule is C=Cc1ccc(Cl)cc1.C[N+]12CCC(CC1)CC2. The van der Waals surface area contributed by atoms with E-state index in [2.05, 4.69) is 13.6 Å². The number of quaternary nitrogens is 1. The molecular weight excluding hydrogens is 242 g/mol. The molecule has 3 aliphatic heterocycles. The van der Waals surface area contributed by atoms with E-state index < -0.39 is 0 Å². The van der Waals surface area contributed by atoms with Gasteiger partial charge in [-0.15, -0.1) is 0 Å². The summed E-state index contributed by atoms with van der Waals surface area (Å²) in [6.45, 7) is 8.01. The average molecular weight is 265 g/mol. The van der Waals surface area contributed by atoms with Gasteiger partial charge < -0.3 is 4.48 Å². The van der Waals surface area contributed by atoms with Gasteiger partial charge in [-0.2, -0.15) is 0 Å². The van der Waals surface area contributed by atoms with Crippen LogP contribution in [0.25, 0.3) is 6.08 Å². The van der Waals surface area contributed by atoms with Crippen molar-refractivity contribution in [3.8, 4) is 0 Å². The summed E-state index contributed by atoms with van der Waals surface area (Å²) in [5.74, 6) is 1.12. The first-order valence-electron chi connectivity index (χ1n) is 6.83. The third-order valence-electron chi connectivity index (χ3n) is 4.34. The van der Waals surface area contributed by atoms with Gasteiger partial charge in [0, 0.05) is 5.02 Å². The number of rotatable bonds is 1. The van der Waals surface area contributed by atoms with Gasteiger partial charge in [-0.25, -0.2) is 0 Å². The van der Waals surface area contributed by atoms with Crippen molar-refractivity contribution in [1.82, 2.24) is 0 Å². The number of nitrogens with zero attached hydrogens (tertiary/aromatic N) is 1. The van der Waals surface area contributed by atoms with E-state index in [1.54, 1.807) is 6.08 Å². The molecule has 1 aromatic carbocycles. The van der Waals surface area contributed by atoms with Crippen LogP contribution >= 0.6 is 11.6 Å². The Labute approximate surface area is 116 Å². The zero-order chi connectivity index (χ0) is 13.0. The van der Waals surface area contributed by atoms with E-state index in [0.29, 0.717) is 0 Å². The van der Waals surface area contributed by atoms with E-state index in [1.165, 1.54) is 43.4 Å². The Morgan fingerprint density at radius 1 is 1.11 bits per heavy atom. The van der Waals surface area contributed by atoms with Crippen molar-refractivity contribution < 1.29 is 4.48 Å². The highest BCUT2D eigenvalue weighted by Crippen LogP contribution is 2.31. The second kappa shape index (κ2) is 5.90. The summed E-state index contributed by atoms with van der Waals surface area (Å²) in [4.78, 5) is 0. The highest BCUT2D eigenvalue weighted by molar-refractivity contribution is 6.30. The average Bonchev–Trinajstić information content (AvgIpc) is 2.41. The molecule has 3 fully saturated rings. The number of hydrogen-bond acceptors (Lipinski definition) is 0. The Morgan fingerprint density at radius 2 is 1.61 bits per heavy atom. The third kappa shape index (κ3) is 3.60. The van der Waals surface area contributed by atoms with Gasteiger partial charge in [0.25, 0.3) is 0 Å². The molecule has 1 nitrogen and oxygen atoms in total. The van der Waals surface area contributed by atoms with Crippen LogP contribution in [0.4, 0.5) is 0 Å². The van der Waals surface area contributed by atoms with Crippen molar-refractivity contribution in [2.75, 3.05) is 26.7 Å². The molecule has 4 rings (SSSR count). The van der Waals surface area contributed by atoms with Gasteiger partial charge in [0.2, 0.25) is 0 Å². The number of piperidine rings is 3. The molecule has 2 bridgehead atoms. The smallest absolute Gasteiger partial charge is 0.0787 e. The first kappa shape index (κ1) is 13.6. The van der Waals surface area contributed by atoms with Crippen molar-refractivity contribution in [2.45, 2.75) is 19.3 Å². The summed E-state index contributed by atoms with van der Waals surface area (Å²) in [6, 6.07) is 7.54. The molecule has 0 spiro atoms. The molecule has 0 unspecified atom stereocenters. The summed E-state index contributed by atoms with van der Waals surface area (Å²) < 4.78 is 1.39. The fraction of sp³-hybridized carbons (Fsp3) is 0.500. The third-order valence-corrected chi connectivity index (χ3v) is 4.59. The highest BCUT2D eigenvalue weighted by atomic mass is 35.5. The number of hydrogen-bond donors (Lipinski definition) is 0. The summed E-state index contributed by atoms with van der Waals surface area (Å²) >= 11 is 5.63. The van der Waals surface area contributed by atoms with Gasteiger partial charge in [-0.3, -0.25) is 0 Å². The summed E-state index contributed by atoms with van der Waals surface area (Å²) in [7, 11) is 2.41. The fourth-order valence-electron chi connectivity index (χ4n) is 2.85. The molecule has 3 aliphatic rings. The van der Waals surface area contributed by atoms with Crippen LogP contribution in [0.2, 0.25) is 5.02 Å². The van der Waals surface area contributed by atoms with E-state index in [0.717, 1.165) is 16.5 Å². The molecule has 2 heteroatoms. The van der Waals surface area contributed by atoms with Crippen LogP contribution in [0.15, 0.2) is 30.8 Å². The maximum atomic E-state index is 5.63. The summed E-state index contributed by atoms with van der Waals surface area (Å²) in [5.41, 5.74) is 1.10. The number of benzene rings is 1. The van der Waals surface area contributed by atoms with Crippen molar-refractivity contribution >= 4 is 17.7 Å². The molecule has 0 aromatic heterocycles. The Hall–Kier alpha value is -0.790. The predicted octanol–water partition coefficient (Wildman–Crippen LogP) is 4.23. The molecule has 0 aliphatic carbocycles. The number of halogens is 1.